The highest BCUT2D eigenvalue weighted by atomic mass is 16.5. The number of aromatic hydroxyl groups is 2. The van der Waals surface area contributed by atoms with Crippen LogP contribution >= 0.6 is 0 Å². The molecule has 6 unspecified atom stereocenters. The van der Waals surface area contributed by atoms with Crippen LogP contribution in [0.3, 0.4) is 0 Å². The maximum atomic E-state index is 10.9. The molecular weight excluding hydrogens is 656 g/mol. The minimum atomic E-state index is -1.02. The number of phenolic OH excluding ortho intramolecular Hbond substituents is 2. The van der Waals surface area contributed by atoms with Gasteiger partial charge in [0.15, 0.2) is 46.0 Å². The Bertz CT molecular complexity index is 1660. The van der Waals surface area contributed by atoms with Crippen LogP contribution in [0.15, 0.2) is 72.8 Å². The van der Waals surface area contributed by atoms with Crippen LogP contribution in [0.2, 0.25) is 0 Å². The van der Waals surface area contributed by atoms with E-state index >= 15 is 0 Å². The summed E-state index contributed by atoms with van der Waals surface area (Å²) in [6, 6.07) is 20.8. The molecule has 1 fully saturated rings. The first kappa shape index (κ1) is 37.4. The smallest absolute Gasteiger partial charge is 0.161 e. The first-order valence-corrected chi connectivity index (χ1v) is 16.8. The van der Waals surface area contributed by atoms with Crippen LogP contribution in [-0.4, -0.2) is 61.1 Å². The maximum absolute atomic E-state index is 10.9. The van der Waals surface area contributed by atoms with Crippen molar-refractivity contribution in [2.24, 2.45) is 11.8 Å². The average molecular weight is 705 g/mol. The van der Waals surface area contributed by atoms with Crippen molar-refractivity contribution >= 4 is 0 Å². The monoisotopic (exact) mass is 704 g/mol. The highest BCUT2D eigenvalue weighted by molar-refractivity contribution is 5.47. The highest BCUT2D eigenvalue weighted by Gasteiger charge is 2.41. The number of benzene rings is 4. The zero-order chi connectivity index (χ0) is 37.0. The van der Waals surface area contributed by atoms with E-state index in [1.54, 1.807) is 52.3 Å². The highest BCUT2D eigenvalue weighted by Crippen LogP contribution is 2.51. The molecule has 0 aromatic heterocycles. The predicted molar refractivity (Wildman–Crippen MR) is 190 cm³/mol. The second-order valence-electron chi connectivity index (χ2n) is 12.9. The lowest BCUT2D eigenvalue weighted by molar-refractivity contribution is 0.0281. The summed E-state index contributed by atoms with van der Waals surface area (Å²) in [5, 5.41) is 42.2. The van der Waals surface area contributed by atoms with Gasteiger partial charge in [-0.25, -0.2) is 0 Å². The van der Waals surface area contributed by atoms with Gasteiger partial charge in [0.1, 0.15) is 24.4 Å². The fourth-order valence-electron chi connectivity index (χ4n) is 6.49. The molecule has 11 heteroatoms. The number of hydrogen-bond acceptors (Lipinski definition) is 11. The Morgan fingerprint density at radius 2 is 0.863 bits per heavy atom. The number of phenols is 2. The summed E-state index contributed by atoms with van der Waals surface area (Å²) in [5.41, 5.74) is 2.83. The van der Waals surface area contributed by atoms with Gasteiger partial charge in [-0.2, -0.15) is 0 Å². The van der Waals surface area contributed by atoms with Crippen LogP contribution in [0, 0.1) is 11.8 Å². The topological polar surface area (TPSA) is 146 Å². The Morgan fingerprint density at radius 1 is 0.510 bits per heavy atom. The number of hydrogen-bond donors (Lipinski definition) is 4. The molecule has 51 heavy (non-hydrogen) atoms. The molecule has 1 aliphatic rings. The minimum Gasteiger partial charge on any atom is -0.504 e. The summed E-state index contributed by atoms with van der Waals surface area (Å²) in [4.78, 5) is 0. The van der Waals surface area contributed by atoms with E-state index < -0.39 is 24.4 Å². The van der Waals surface area contributed by atoms with Crippen molar-refractivity contribution in [2.45, 2.75) is 64.3 Å². The molecule has 4 aromatic carbocycles. The molecule has 5 rings (SSSR count). The molecule has 0 spiro atoms. The SMILES string of the molecule is COc1ccc(C(O)C(C)Oc2ccc(C3O[C@H](c4ccc(OC(C)C(O)c5ccc(OC)c(O)c5)c(OC)c4)[C@H](C)C3C)cc2OC)cc1O. The third-order valence-electron chi connectivity index (χ3n) is 9.71. The molecule has 0 radical (unpaired) electrons. The van der Waals surface area contributed by atoms with Crippen molar-refractivity contribution in [1.82, 2.24) is 0 Å². The number of methoxy groups -OCH3 is 4. The quantitative estimate of drug-likeness (QED) is 0.106. The van der Waals surface area contributed by atoms with Crippen molar-refractivity contribution in [3.63, 3.8) is 0 Å². The molecule has 8 atom stereocenters. The summed E-state index contributed by atoms with van der Waals surface area (Å²) < 4.78 is 40.6. The summed E-state index contributed by atoms with van der Waals surface area (Å²) in [5.74, 6) is 2.72. The first-order chi connectivity index (χ1) is 24.4. The molecule has 274 valence electrons. The number of rotatable bonds is 14. The van der Waals surface area contributed by atoms with Gasteiger partial charge in [-0.15, -0.1) is 0 Å². The lowest BCUT2D eigenvalue weighted by atomic mass is 9.85. The normalized spacial score (nSPS) is 20.9. The van der Waals surface area contributed by atoms with Crippen molar-refractivity contribution < 1.29 is 53.6 Å². The molecule has 1 heterocycles. The van der Waals surface area contributed by atoms with Crippen molar-refractivity contribution in [3.8, 4) is 46.0 Å². The van der Waals surface area contributed by atoms with Gasteiger partial charge in [0.2, 0.25) is 0 Å². The Labute approximate surface area is 298 Å². The second-order valence-corrected chi connectivity index (χ2v) is 12.9. The van der Waals surface area contributed by atoms with E-state index in [1.165, 1.54) is 26.4 Å². The van der Waals surface area contributed by atoms with Crippen LogP contribution in [0.1, 0.15) is 74.4 Å². The molecule has 11 nitrogen and oxygen atoms in total. The van der Waals surface area contributed by atoms with Crippen LogP contribution in [0.4, 0.5) is 0 Å². The van der Waals surface area contributed by atoms with E-state index in [2.05, 4.69) is 13.8 Å². The molecule has 0 bridgehead atoms. The van der Waals surface area contributed by atoms with Crippen LogP contribution in [0.25, 0.3) is 0 Å². The van der Waals surface area contributed by atoms with Gasteiger partial charge in [0.25, 0.3) is 0 Å². The average Bonchev–Trinajstić information content (AvgIpc) is 3.44. The fraction of sp³-hybridized carbons (Fsp3) is 0.400. The van der Waals surface area contributed by atoms with E-state index in [1.807, 2.05) is 36.4 Å². The number of aliphatic hydroxyl groups is 2. The van der Waals surface area contributed by atoms with Gasteiger partial charge in [-0.1, -0.05) is 38.1 Å². The summed E-state index contributed by atoms with van der Waals surface area (Å²) in [6.07, 6.45) is -3.83. The fourth-order valence-corrected chi connectivity index (χ4v) is 6.49. The van der Waals surface area contributed by atoms with Crippen molar-refractivity contribution in [1.29, 1.82) is 0 Å². The van der Waals surface area contributed by atoms with Gasteiger partial charge >= 0.3 is 0 Å². The van der Waals surface area contributed by atoms with E-state index in [4.69, 9.17) is 33.2 Å². The third kappa shape index (κ3) is 7.90. The lowest BCUT2D eigenvalue weighted by Crippen LogP contribution is -2.22. The van der Waals surface area contributed by atoms with Gasteiger partial charge in [-0.3, -0.25) is 0 Å². The Balaban J connectivity index is 1.28. The minimum absolute atomic E-state index is 0.0677. The van der Waals surface area contributed by atoms with Gasteiger partial charge in [0.05, 0.1) is 40.6 Å². The molecule has 0 saturated carbocycles. The van der Waals surface area contributed by atoms with Crippen LogP contribution in [-0.2, 0) is 4.74 Å². The van der Waals surface area contributed by atoms with Crippen molar-refractivity contribution in [2.75, 3.05) is 28.4 Å². The van der Waals surface area contributed by atoms with Gasteiger partial charge in [-0.05, 0) is 96.5 Å². The Morgan fingerprint density at radius 3 is 1.20 bits per heavy atom. The number of ether oxygens (including phenoxy) is 7. The van der Waals surface area contributed by atoms with E-state index in [-0.39, 0.29) is 35.5 Å². The largest absolute Gasteiger partial charge is 0.504 e. The predicted octanol–water partition coefficient (Wildman–Crippen LogP) is 7.22. The standard InChI is InChI=1S/C40H48O11/c1-21-22(2)40(28-12-16-34(36(20-28)48-8)50-24(4)38(44)26-10-14-32(46-6)30(42)18-26)51-39(21)27-11-15-33(35(19-27)47-7)49-23(3)37(43)25-9-13-31(45-5)29(41)17-25/h9-24,37-44H,1-8H3/t21-,22?,23?,24?,37?,38?,39+,40?/m1/s1. The molecule has 4 N–H and O–H groups in total. The zero-order valence-electron chi connectivity index (χ0n) is 30.2. The molecule has 1 aliphatic heterocycles. The first-order valence-electron chi connectivity index (χ1n) is 16.8. The zero-order valence-corrected chi connectivity index (χ0v) is 30.2. The molecule has 0 aliphatic carbocycles. The summed E-state index contributed by atoms with van der Waals surface area (Å²) in [6.45, 7) is 7.80. The molecular formula is C40H48O11. The molecule has 4 aromatic rings. The molecule has 1 saturated heterocycles. The van der Waals surface area contributed by atoms with Gasteiger partial charge < -0.3 is 53.6 Å². The maximum Gasteiger partial charge on any atom is 0.161 e. The summed E-state index contributed by atoms with van der Waals surface area (Å²) >= 11 is 0. The van der Waals surface area contributed by atoms with Gasteiger partial charge in [0, 0.05) is 0 Å². The second kappa shape index (κ2) is 16.0. The van der Waals surface area contributed by atoms with Crippen LogP contribution in [0.5, 0.6) is 46.0 Å². The third-order valence-corrected chi connectivity index (χ3v) is 9.71. The van der Waals surface area contributed by atoms with Crippen LogP contribution < -0.4 is 28.4 Å². The van der Waals surface area contributed by atoms with E-state index in [9.17, 15) is 20.4 Å². The van der Waals surface area contributed by atoms with Crippen molar-refractivity contribution in [3.05, 3.63) is 95.1 Å². The van der Waals surface area contributed by atoms with E-state index in [0.29, 0.717) is 45.6 Å². The lowest BCUT2D eigenvalue weighted by Gasteiger charge is -2.24. The summed E-state index contributed by atoms with van der Waals surface area (Å²) in [7, 11) is 6.06. The Kier molecular flexibility index (Phi) is 11.7. The Hall–Kier alpha value is -4.84. The number of aliphatic hydroxyl groups excluding tert-OH is 2. The van der Waals surface area contributed by atoms with E-state index in [0.717, 1.165) is 11.1 Å². The molecule has 0 amide bonds.